The van der Waals surface area contributed by atoms with E-state index in [1.165, 1.54) is 6.07 Å². The van der Waals surface area contributed by atoms with Crippen LogP contribution in [0.1, 0.15) is 28.6 Å². The molecule has 5 heteroatoms. The standard InChI is InChI=1S/C21H17NO4/c1-2-13-7-8-18-16(9-13)15(11-20(23)26-18)12-22-21(24)19-10-14-5-3-4-6-17(14)25-19/h3-11H,2,12H2,1H3,(H,22,24). The first-order valence-corrected chi connectivity index (χ1v) is 8.46. The molecule has 2 heterocycles. The number of fused-ring (bicyclic) bond motifs is 2. The van der Waals surface area contributed by atoms with Gasteiger partial charge in [0.2, 0.25) is 0 Å². The number of para-hydroxylation sites is 1. The summed E-state index contributed by atoms with van der Waals surface area (Å²) in [5.74, 6) is -0.0815. The van der Waals surface area contributed by atoms with E-state index in [0.717, 1.165) is 28.3 Å². The van der Waals surface area contributed by atoms with E-state index in [9.17, 15) is 9.59 Å². The summed E-state index contributed by atoms with van der Waals surface area (Å²) in [6.07, 6.45) is 0.875. The monoisotopic (exact) mass is 347 g/mol. The molecule has 0 fully saturated rings. The number of rotatable bonds is 4. The van der Waals surface area contributed by atoms with Crippen molar-refractivity contribution in [1.29, 1.82) is 0 Å². The third-order valence-electron chi connectivity index (χ3n) is 4.39. The Morgan fingerprint density at radius 3 is 2.65 bits per heavy atom. The van der Waals surface area contributed by atoms with Crippen LogP contribution in [-0.4, -0.2) is 5.91 Å². The minimum absolute atomic E-state index is 0.213. The number of hydrogen-bond donors (Lipinski definition) is 1. The average molecular weight is 347 g/mol. The highest BCUT2D eigenvalue weighted by Crippen LogP contribution is 2.21. The van der Waals surface area contributed by atoms with Crippen LogP contribution in [-0.2, 0) is 13.0 Å². The van der Waals surface area contributed by atoms with Crippen LogP contribution >= 0.6 is 0 Å². The molecule has 0 aliphatic heterocycles. The Morgan fingerprint density at radius 1 is 1.00 bits per heavy atom. The number of nitrogens with one attached hydrogen (secondary N) is 1. The van der Waals surface area contributed by atoms with Gasteiger partial charge in [0.1, 0.15) is 11.2 Å². The minimum Gasteiger partial charge on any atom is -0.451 e. The lowest BCUT2D eigenvalue weighted by atomic mass is 10.1. The van der Waals surface area contributed by atoms with Gasteiger partial charge in [0, 0.05) is 23.4 Å². The highest BCUT2D eigenvalue weighted by atomic mass is 16.4. The molecule has 1 amide bonds. The summed E-state index contributed by atoms with van der Waals surface area (Å²) < 4.78 is 10.8. The summed E-state index contributed by atoms with van der Waals surface area (Å²) in [4.78, 5) is 24.2. The summed E-state index contributed by atoms with van der Waals surface area (Å²) in [6.45, 7) is 2.27. The van der Waals surface area contributed by atoms with Crippen LogP contribution in [0.2, 0.25) is 0 Å². The topological polar surface area (TPSA) is 72.5 Å². The Balaban J connectivity index is 1.62. The van der Waals surface area contributed by atoms with Crippen molar-refractivity contribution in [3.8, 4) is 0 Å². The maximum atomic E-state index is 12.4. The van der Waals surface area contributed by atoms with Crippen molar-refractivity contribution < 1.29 is 13.6 Å². The van der Waals surface area contributed by atoms with Gasteiger partial charge in [-0.2, -0.15) is 0 Å². The molecule has 2 aromatic carbocycles. The fraction of sp³-hybridized carbons (Fsp3) is 0.143. The lowest BCUT2D eigenvalue weighted by Crippen LogP contribution is -2.23. The Hall–Kier alpha value is -3.34. The molecule has 0 radical (unpaired) electrons. The largest absolute Gasteiger partial charge is 0.451 e. The molecule has 26 heavy (non-hydrogen) atoms. The highest BCUT2D eigenvalue weighted by molar-refractivity contribution is 5.96. The number of furan rings is 1. The molecule has 0 unspecified atom stereocenters. The van der Waals surface area contributed by atoms with Crippen molar-refractivity contribution in [3.63, 3.8) is 0 Å². The summed E-state index contributed by atoms with van der Waals surface area (Å²) >= 11 is 0. The van der Waals surface area contributed by atoms with E-state index in [-0.39, 0.29) is 18.2 Å². The zero-order chi connectivity index (χ0) is 18.1. The van der Waals surface area contributed by atoms with Gasteiger partial charge in [-0.3, -0.25) is 4.79 Å². The second-order valence-corrected chi connectivity index (χ2v) is 6.11. The van der Waals surface area contributed by atoms with Crippen molar-refractivity contribution in [2.24, 2.45) is 0 Å². The van der Waals surface area contributed by atoms with E-state index in [4.69, 9.17) is 8.83 Å². The Bertz CT molecular complexity index is 1140. The van der Waals surface area contributed by atoms with Gasteiger partial charge in [-0.15, -0.1) is 0 Å². The molecule has 0 aliphatic carbocycles. The molecule has 1 N–H and O–H groups in total. The second kappa shape index (κ2) is 6.52. The van der Waals surface area contributed by atoms with E-state index in [0.29, 0.717) is 11.2 Å². The fourth-order valence-corrected chi connectivity index (χ4v) is 3.00. The lowest BCUT2D eigenvalue weighted by molar-refractivity contribution is 0.0925. The number of aryl methyl sites for hydroxylation is 1. The fourth-order valence-electron chi connectivity index (χ4n) is 3.00. The number of hydrogen-bond acceptors (Lipinski definition) is 4. The molecule has 5 nitrogen and oxygen atoms in total. The van der Waals surface area contributed by atoms with Gasteiger partial charge in [0.05, 0.1) is 0 Å². The number of benzene rings is 2. The van der Waals surface area contributed by atoms with Crippen LogP contribution in [0, 0.1) is 0 Å². The minimum atomic E-state index is -0.435. The third kappa shape index (κ3) is 2.99. The first-order chi connectivity index (χ1) is 12.6. The van der Waals surface area contributed by atoms with Crippen LogP contribution in [0.15, 0.2) is 68.2 Å². The van der Waals surface area contributed by atoms with E-state index >= 15 is 0 Å². The lowest BCUT2D eigenvalue weighted by Gasteiger charge is -2.08. The van der Waals surface area contributed by atoms with Crippen LogP contribution in [0.4, 0.5) is 0 Å². The van der Waals surface area contributed by atoms with Gasteiger partial charge in [-0.25, -0.2) is 4.79 Å². The molecular weight excluding hydrogens is 330 g/mol. The Labute approximate surface area is 149 Å². The Morgan fingerprint density at radius 2 is 1.85 bits per heavy atom. The van der Waals surface area contributed by atoms with E-state index in [2.05, 4.69) is 12.2 Å². The highest BCUT2D eigenvalue weighted by Gasteiger charge is 2.13. The summed E-state index contributed by atoms with van der Waals surface area (Å²) in [6, 6.07) is 16.3. The zero-order valence-corrected chi connectivity index (χ0v) is 14.2. The molecule has 0 aliphatic rings. The normalized spacial score (nSPS) is 11.1. The molecule has 130 valence electrons. The zero-order valence-electron chi connectivity index (χ0n) is 14.2. The number of amides is 1. The number of carbonyl (C=O) groups is 1. The van der Waals surface area contributed by atoms with Gasteiger partial charge in [0.25, 0.3) is 5.91 Å². The van der Waals surface area contributed by atoms with Crippen LogP contribution in [0.5, 0.6) is 0 Å². The SMILES string of the molecule is CCc1ccc2oc(=O)cc(CNC(=O)c3cc4ccccc4o3)c2c1. The molecule has 0 saturated heterocycles. The van der Waals surface area contributed by atoms with Crippen LogP contribution in [0.25, 0.3) is 21.9 Å². The maximum absolute atomic E-state index is 12.4. The first-order valence-electron chi connectivity index (χ1n) is 8.46. The first kappa shape index (κ1) is 16.1. The maximum Gasteiger partial charge on any atom is 0.336 e. The molecule has 0 atom stereocenters. The summed E-state index contributed by atoms with van der Waals surface area (Å²) in [7, 11) is 0. The predicted molar refractivity (Wildman–Crippen MR) is 99.2 cm³/mol. The second-order valence-electron chi connectivity index (χ2n) is 6.11. The van der Waals surface area contributed by atoms with Crippen LogP contribution in [0.3, 0.4) is 0 Å². The van der Waals surface area contributed by atoms with Crippen molar-refractivity contribution in [3.05, 3.63) is 81.9 Å². The van der Waals surface area contributed by atoms with Crippen molar-refractivity contribution >= 4 is 27.8 Å². The van der Waals surface area contributed by atoms with Gasteiger partial charge in [-0.05, 0) is 41.8 Å². The number of carbonyl (C=O) groups excluding carboxylic acids is 1. The van der Waals surface area contributed by atoms with Crippen molar-refractivity contribution in [2.75, 3.05) is 0 Å². The van der Waals surface area contributed by atoms with Crippen molar-refractivity contribution in [1.82, 2.24) is 5.32 Å². The molecular formula is C21H17NO4. The smallest absolute Gasteiger partial charge is 0.336 e. The van der Waals surface area contributed by atoms with E-state index < -0.39 is 5.63 Å². The molecule has 4 rings (SSSR count). The van der Waals surface area contributed by atoms with E-state index in [1.807, 2.05) is 36.4 Å². The third-order valence-corrected chi connectivity index (χ3v) is 4.39. The molecule has 4 aromatic rings. The predicted octanol–water partition coefficient (Wildman–Crippen LogP) is 4.03. The molecule has 2 aromatic heterocycles. The van der Waals surface area contributed by atoms with Gasteiger partial charge in [-0.1, -0.05) is 31.2 Å². The molecule has 0 saturated carbocycles. The molecule has 0 bridgehead atoms. The summed E-state index contributed by atoms with van der Waals surface area (Å²) in [5.41, 5.74) is 2.60. The van der Waals surface area contributed by atoms with Gasteiger partial charge in [0.15, 0.2) is 5.76 Å². The van der Waals surface area contributed by atoms with E-state index in [1.54, 1.807) is 12.1 Å². The van der Waals surface area contributed by atoms with Gasteiger partial charge >= 0.3 is 5.63 Å². The van der Waals surface area contributed by atoms with Crippen molar-refractivity contribution in [2.45, 2.75) is 19.9 Å². The Kier molecular flexibility index (Phi) is 4.05. The quantitative estimate of drug-likeness (QED) is 0.566. The van der Waals surface area contributed by atoms with Gasteiger partial charge < -0.3 is 14.2 Å². The molecule has 0 spiro atoms. The summed E-state index contributed by atoms with van der Waals surface area (Å²) in [5, 5.41) is 4.52. The average Bonchev–Trinajstić information content (AvgIpc) is 3.09. The van der Waals surface area contributed by atoms with Crippen LogP contribution < -0.4 is 10.9 Å².